The van der Waals surface area contributed by atoms with Crippen molar-refractivity contribution in [1.29, 1.82) is 0 Å². The SMILES string of the molecule is CN1CCC(Nc2cc(=O)[nH]cc2C(N)=O)CC1.Cl. The number of pyridine rings is 1. The highest BCUT2D eigenvalue weighted by Crippen LogP contribution is 2.17. The minimum absolute atomic E-state index is 0. The van der Waals surface area contributed by atoms with E-state index in [1.807, 2.05) is 0 Å². The van der Waals surface area contributed by atoms with Crippen molar-refractivity contribution >= 4 is 24.0 Å². The molecule has 1 saturated heterocycles. The molecule has 0 atom stereocenters. The predicted molar refractivity (Wildman–Crippen MR) is 77.0 cm³/mol. The zero-order valence-electron chi connectivity index (χ0n) is 10.8. The fourth-order valence-corrected chi connectivity index (χ4v) is 2.17. The van der Waals surface area contributed by atoms with E-state index < -0.39 is 5.91 Å². The summed E-state index contributed by atoms with van der Waals surface area (Å²) in [5.41, 5.74) is 5.90. The molecule has 2 heterocycles. The molecule has 1 amide bonds. The molecule has 0 unspecified atom stereocenters. The van der Waals surface area contributed by atoms with E-state index in [0.717, 1.165) is 25.9 Å². The van der Waals surface area contributed by atoms with Crippen LogP contribution in [-0.4, -0.2) is 42.0 Å². The first kappa shape index (κ1) is 15.5. The van der Waals surface area contributed by atoms with Gasteiger partial charge in [-0.3, -0.25) is 9.59 Å². The number of primary amides is 1. The summed E-state index contributed by atoms with van der Waals surface area (Å²) in [6, 6.07) is 1.67. The first-order valence-electron chi connectivity index (χ1n) is 6.04. The van der Waals surface area contributed by atoms with Gasteiger partial charge in [0.25, 0.3) is 5.91 Å². The summed E-state index contributed by atoms with van der Waals surface area (Å²) in [5.74, 6) is -0.540. The number of halogens is 1. The van der Waals surface area contributed by atoms with Crippen LogP contribution in [0.3, 0.4) is 0 Å². The second-order valence-corrected chi connectivity index (χ2v) is 4.71. The van der Waals surface area contributed by atoms with Crippen LogP contribution in [0.1, 0.15) is 23.2 Å². The van der Waals surface area contributed by atoms with Crippen molar-refractivity contribution in [2.24, 2.45) is 5.73 Å². The largest absolute Gasteiger partial charge is 0.381 e. The number of nitrogens with zero attached hydrogens (tertiary/aromatic N) is 1. The maximum atomic E-state index is 11.3. The number of nitrogens with one attached hydrogen (secondary N) is 2. The van der Waals surface area contributed by atoms with Crippen LogP contribution in [0.5, 0.6) is 0 Å². The quantitative estimate of drug-likeness (QED) is 0.750. The number of hydrogen-bond acceptors (Lipinski definition) is 4. The highest BCUT2D eigenvalue weighted by molar-refractivity contribution is 5.98. The van der Waals surface area contributed by atoms with Crippen LogP contribution in [-0.2, 0) is 0 Å². The third-order valence-electron chi connectivity index (χ3n) is 3.27. The molecule has 0 bridgehead atoms. The first-order valence-corrected chi connectivity index (χ1v) is 6.04. The van der Waals surface area contributed by atoms with E-state index in [2.05, 4.69) is 22.2 Å². The minimum Gasteiger partial charge on any atom is -0.381 e. The Morgan fingerprint density at radius 3 is 2.68 bits per heavy atom. The summed E-state index contributed by atoms with van der Waals surface area (Å²) >= 11 is 0. The number of aromatic amines is 1. The van der Waals surface area contributed by atoms with Crippen LogP contribution < -0.4 is 16.6 Å². The van der Waals surface area contributed by atoms with Gasteiger partial charge in [0.15, 0.2) is 0 Å². The molecule has 1 fully saturated rings. The summed E-state index contributed by atoms with van der Waals surface area (Å²) in [5, 5.41) is 3.24. The molecular weight excluding hydrogens is 268 g/mol. The average molecular weight is 287 g/mol. The van der Waals surface area contributed by atoms with Crippen molar-refractivity contribution < 1.29 is 4.79 Å². The molecule has 1 aromatic heterocycles. The van der Waals surface area contributed by atoms with Gasteiger partial charge in [0.2, 0.25) is 5.56 Å². The number of carbonyl (C=O) groups excluding carboxylic acids is 1. The standard InChI is InChI=1S/C12H18N4O2.ClH/c1-16-4-2-8(3-5-16)15-10-6-11(17)14-7-9(10)12(13)18;/h6-8H,2-5H2,1H3,(H2,13,18)(H2,14,15,17);1H. The van der Waals surface area contributed by atoms with Crippen molar-refractivity contribution in [1.82, 2.24) is 9.88 Å². The molecule has 0 spiro atoms. The van der Waals surface area contributed by atoms with Gasteiger partial charge in [-0.25, -0.2) is 0 Å². The van der Waals surface area contributed by atoms with Gasteiger partial charge in [-0.05, 0) is 33.0 Å². The number of carbonyl (C=O) groups is 1. The Morgan fingerprint density at radius 2 is 2.11 bits per heavy atom. The zero-order valence-corrected chi connectivity index (χ0v) is 11.6. The molecule has 0 aliphatic carbocycles. The number of nitrogens with two attached hydrogens (primary N) is 1. The molecule has 7 heteroatoms. The normalized spacial score (nSPS) is 16.7. The highest BCUT2D eigenvalue weighted by Gasteiger charge is 2.18. The van der Waals surface area contributed by atoms with Crippen LogP contribution in [0.2, 0.25) is 0 Å². The lowest BCUT2D eigenvalue weighted by atomic mass is 10.0. The Kier molecular flexibility index (Phi) is 5.38. The average Bonchev–Trinajstić information content (AvgIpc) is 2.32. The third kappa shape index (κ3) is 3.97. The number of amides is 1. The van der Waals surface area contributed by atoms with Gasteiger partial charge in [-0.2, -0.15) is 0 Å². The number of piperidine rings is 1. The predicted octanol–water partition coefficient (Wildman–Crippen LogP) is 0.402. The van der Waals surface area contributed by atoms with Crippen molar-refractivity contribution in [2.45, 2.75) is 18.9 Å². The molecule has 0 aromatic carbocycles. The number of hydrogen-bond donors (Lipinski definition) is 3. The summed E-state index contributed by atoms with van der Waals surface area (Å²) in [6.45, 7) is 2.01. The molecule has 1 aliphatic rings. The first-order chi connectivity index (χ1) is 8.56. The lowest BCUT2D eigenvalue weighted by molar-refractivity contribution is 0.100. The molecule has 6 nitrogen and oxygen atoms in total. The Bertz CT molecular complexity index is 495. The summed E-state index contributed by atoms with van der Waals surface area (Å²) in [6.07, 6.45) is 3.34. The number of anilines is 1. The molecule has 2 rings (SSSR count). The van der Waals surface area contributed by atoms with E-state index in [1.54, 1.807) is 0 Å². The fourth-order valence-electron chi connectivity index (χ4n) is 2.17. The second kappa shape index (κ2) is 6.58. The maximum absolute atomic E-state index is 11.3. The number of H-pyrrole nitrogens is 1. The van der Waals surface area contributed by atoms with Crippen LogP contribution >= 0.6 is 12.4 Å². The molecule has 1 aliphatic heterocycles. The van der Waals surface area contributed by atoms with Gasteiger partial charge in [0.05, 0.1) is 11.3 Å². The van der Waals surface area contributed by atoms with Crippen LogP contribution in [0.25, 0.3) is 0 Å². The monoisotopic (exact) mass is 286 g/mol. The highest BCUT2D eigenvalue weighted by atomic mass is 35.5. The van der Waals surface area contributed by atoms with Gasteiger partial charge in [-0.1, -0.05) is 0 Å². The van der Waals surface area contributed by atoms with Gasteiger partial charge < -0.3 is 20.9 Å². The Hall–Kier alpha value is -1.53. The Labute approximate surface area is 117 Å². The van der Waals surface area contributed by atoms with E-state index in [-0.39, 0.29) is 24.0 Å². The molecule has 19 heavy (non-hydrogen) atoms. The van der Waals surface area contributed by atoms with E-state index in [9.17, 15) is 9.59 Å². The molecule has 0 radical (unpaired) electrons. The van der Waals surface area contributed by atoms with Gasteiger partial charge in [0.1, 0.15) is 0 Å². The summed E-state index contributed by atoms with van der Waals surface area (Å²) in [7, 11) is 2.08. The van der Waals surface area contributed by atoms with Crippen LogP contribution in [0.4, 0.5) is 5.69 Å². The second-order valence-electron chi connectivity index (χ2n) is 4.71. The lowest BCUT2D eigenvalue weighted by Gasteiger charge is -2.30. The Balaban J connectivity index is 0.00000180. The smallest absolute Gasteiger partial charge is 0.252 e. The summed E-state index contributed by atoms with van der Waals surface area (Å²) in [4.78, 5) is 27.3. The van der Waals surface area contributed by atoms with Crippen molar-refractivity contribution in [3.63, 3.8) is 0 Å². The number of aromatic nitrogens is 1. The fraction of sp³-hybridized carbons (Fsp3) is 0.500. The van der Waals surface area contributed by atoms with E-state index in [0.29, 0.717) is 11.3 Å². The van der Waals surface area contributed by atoms with Crippen molar-refractivity contribution in [2.75, 3.05) is 25.5 Å². The molecule has 106 valence electrons. The third-order valence-corrected chi connectivity index (χ3v) is 3.27. The number of likely N-dealkylation sites (tertiary alicyclic amines) is 1. The Morgan fingerprint density at radius 1 is 1.47 bits per heavy atom. The molecular formula is C12H19ClN4O2. The van der Waals surface area contributed by atoms with Crippen molar-refractivity contribution in [3.05, 3.63) is 28.2 Å². The molecule has 1 aromatic rings. The van der Waals surface area contributed by atoms with Crippen molar-refractivity contribution in [3.8, 4) is 0 Å². The van der Waals surface area contributed by atoms with E-state index in [1.165, 1.54) is 12.3 Å². The minimum atomic E-state index is -0.540. The van der Waals surface area contributed by atoms with E-state index >= 15 is 0 Å². The molecule has 0 saturated carbocycles. The van der Waals surface area contributed by atoms with Gasteiger partial charge in [-0.15, -0.1) is 12.4 Å². The summed E-state index contributed by atoms with van der Waals surface area (Å²) < 4.78 is 0. The topological polar surface area (TPSA) is 91.2 Å². The maximum Gasteiger partial charge on any atom is 0.252 e. The van der Waals surface area contributed by atoms with Gasteiger partial charge >= 0.3 is 0 Å². The zero-order chi connectivity index (χ0) is 13.1. The number of rotatable bonds is 3. The van der Waals surface area contributed by atoms with Crippen LogP contribution in [0.15, 0.2) is 17.1 Å². The van der Waals surface area contributed by atoms with Gasteiger partial charge in [0, 0.05) is 18.3 Å². The lowest BCUT2D eigenvalue weighted by Crippen LogP contribution is -2.37. The van der Waals surface area contributed by atoms with Crippen LogP contribution in [0, 0.1) is 0 Å². The molecule has 4 N–H and O–H groups in total. The van der Waals surface area contributed by atoms with E-state index in [4.69, 9.17) is 5.73 Å².